The summed E-state index contributed by atoms with van der Waals surface area (Å²) in [7, 11) is 4.78. The molecule has 2 N–H and O–H groups in total. The van der Waals surface area contributed by atoms with Gasteiger partial charge in [0.25, 0.3) is 0 Å². The first-order chi connectivity index (χ1) is 7.76. The molecule has 1 aromatic rings. The van der Waals surface area contributed by atoms with Gasteiger partial charge in [-0.25, -0.2) is 5.48 Å². The van der Waals surface area contributed by atoms with Crippen molar-refractivity contribution in [3.05, 3.63) is 23.3 Å². The van der Waals surface area contributed by atoms with E-state index in [0.29, 0.717) is 24.7 Å². The van der Waals surface area contributed by atoms with Crippen LogP contribution in [0.3, 0.4) is 0 Å². The lowest BCUT2D eigenvalue weighted by Crippen LogP contribution is -2.11. The smallest absolute Gasteiger partial charge is 0.127 e. The minimum Gasteiger partial charge on any atom is -0.497 e. The second-order valence-corrected chi connectivity index (χ2v) is 3.24. The van der Waals surface area contributed by atoms with Gasteiger partial charge >= 0.3 is 0 Å². The largest absolute Gasteiger partial charge is 0.497 e. The van der Waals surface area contributed by atoms with Crippen molar-refractivity contribution < 1.29 is 19.4 Å². The maximum Gasteiger partial charge on any atom is 0.127 e. The summed E-state index contributed by atoms with van der Waals surface area (Å²) in [5.41, 5.74) is 3.89. The Kier molecular flexibility index (Phi) is 5.04. The number of methoxy groups -OCH3 is 3. The first-order valence-corrected chi connectivity index (χ1v) is 4.86. The van der Waals surface area contributed by atoms with Gasteiger partial charge in [-0.05, 0) is 11.6 Å². The second kappa shape index (κ2) is 6.32. The summed E-state index contributed by atoms with van der Waals surface area (Å²) in [5, 5.41) is 8.78. The maximum atomic E-state index is 8.78. The molecule has 1 rings (SSSR count). The highest BCUT2D eigenvalue weighted by Crippen LogP contribution is 2.29. The third kappa shape index (κ3) is 2.85. The van der Waals surface area contributed by atoms with Crippen molar-refractivity contribution in [2.24, 2.45) is 0 Å². The molecule has 0 aliphatic rings. The van der Waals surface area contributed by atoms with Crippen LogP contribution in [0.4, 0.5) is 0 Å². The predicted octanol–water partition coefficient (Wildman–Crippen LogP) is 1.33. The molecular weight excluding hydrogens is 210 g/mol. The first kappa shape index (κ1) is 12.8. The van der Waals surface area contributed by atoms with E-state index in [-0.39, 0.29) is 0 Å². The van der Waals surface area contributed by atoms with E-state index in [2.05, 4.69) is 5.48 Å². The minimum atomic E-state index is 0.297. The number of hydroxylamine groups is 1. The molecule has 1 aromatic carbocycles. The van der Waals surface area contributed by atoms with Crippen LogP contribution in [0.2, 0.25) is 0 Å². The van der Waals surface area contributed by atoms with Gasteiger partial charge in [-0.2, -0.15) is 0 Å². The van der Waals surface area contributed by atoms with Gasteiger partial charge in [-0.15, -0.1) is 0 Å². The lowest BCUT2D eigenvalue weighted by molar-refractivity contribution is 0.156. The van der Waals surface area contributed by atoms with E-state index < -0.39 is 0 Å². The summed E-state index contributed by atoms with van der Waals surface area (Å²) < 4.78 is 15.5. The van der Waals surface area contributed by atoms with Crippen LogP contribution in [-0.4, -0.2) is 26.5 Å². The minimum absolute atomic E-state index is 0.297. The van der Waals surface area contributed by atoms with E-state index in [0.717, 1.165) is 11.1 Å². The standard InChI is InChI=1S/C11H17NO4/c1-14-7-8-4-9(15-2)5-11(16-3)10(8)6-12-13/h4-5,12-13H,6-7H2,1-3H3. The predicted molar refractivity (Wildman–Crippen MR) is 58.9 cm³/mol. The molecule has 0 unspecified atom stereocenters. The van der Waals surface area contributed by atoms with Crippen LogP contribution in [0.5, 0.6) is 11.5 Å². The summed E-state index contributed by atoms with van der Waals surface area (Å²) in [6.07, 6.45) is 0. The average Bonchev–Trinajstić information content (AvgIpc) is 2.31. The monoisotopic (exact) mass is 227 g/mol. The number of ether oxygens (including phenoxy) is 3. The van der Waals surface area contributed by atoms with Gasteiger partial charge in [0.2, 0.25) is 0 Å². The third-order valence-corrected chi connectivity index (χ3v) is 2.29. The maximum absolute atomic E-state index is 8.78. The Labute approximate surface area is 94.9 Å². The molecule has 0 bridgehead atoms. The van der Waals surface area contributed by atoms with Crippen LogP contribution < -0.4 is 15.0 Å². The number of hydrogen-bond acceptors (Lipinski definition) is 5. The third-order valence-electron chi connectivity index (χ3n) is 2.29. The van der Waals surface area contributed by atoms with Crippen LogP contribution in [0.15, 0.2) is 12.1 Å². The van der Waals surface area contributed by atoms with E-state index in [9.17, 15) is 0 Å². The van der Waals surface area contributed by atoms with Crippen LogP contribution in [-0.2, 0) is 17.9 Å². The van der Waals surface area contributed by atoms with Crippen molar-refractivity contribution in [1.29, 1.82) is 0 Å². The SMILES string of the molecule is COCc1cc(OC)cc(OC)c1CNO. The zero-order valence-corrected chi connectivity index (χ0v) is 9.74. The topological polar surface area (TPSA) is 60.0 Å². The molecule has 5 heteroatoms. The molecular formula is C11H17NO4. The lowest BCUT2D eigenvalue weighted by atomic mass is 10.1. The molecule has 0 fully saturated rings. The van der Waals surface area contributed by atoms with Crippen molar-refractivity contribution in [2.75, 3.05) is 21.3 Å². The molecule has 5 nitrogen and oxygen atoms in total. The van der Waals surface area contributed by atoms with Gasteiger partial charge in [0.15, 0.2) is 0 Å². The Morgan fingerprint density at radius 2 is 1.94 bits per heavy atom. The Bertz CT molecular complexity index is 341. The Balaban J connectivity index is 3.17. The summed E-state index contributed by atoms with van der Waals surface area (Å²) in [4.78, 5) is 0. The second-order valence-electron chi connectivity index (χ2n) is 3.24. The quantitative estimate of drug-likeness (QED) is 0.718. The molecule has 0 heterocycles. The number of hydrogen-bond donors (Lipinski definition) is 2. The Morgan fingerprint density at radius 1 is 1.19 bits per heavy atom. The lowest BCUT2D eigenvalue weighted by Gasteiger charge is -2.14. The van der Waals surface area contributed by atoms with Gasteiger partial charge in [0, 0.05) is 25.3 Å². The van der Waals surface area contributed by atoms with Gasteiger partial charge in [-0.1, -0.05) is 0 Å². The van der Waals surface area contributed by atoms with Crippen LogP contribution in [0.1, 0.15) is 11.1 Å². The zero-order valence-electron chi connectivity index (χ0n) is 9.74. The average molecular weight is 227 g/mol. The van der Waals surface area contributed by atoms with Crippen molar-refractivity contribution in [3.8, 4) is 11.5 Å². The van der Waals surface area contributed by atoms with Crippen molar-refractivity contribution in [1.82, 2.24) is 5.48 Å². The van der Waals surface area contributed by atoms with E-state index in [1.54, 1.807) is 27.4 Å². The van der Waals surface area contributed by atoms with Crippen molar-refractivity contribution in [2.45, 2.75) is 13.2 Å². The van der Waals surface area contributed by atoms with Crippen LogP contribution in [0.25, 0.3) is 0 Å². The molecule has 0 aliphatic carbocycles. The highest BCUT2D eigenvalue weighted by atomic mass is 16.5. The summed E-state index contributed by atoms with van der Waals surface area (Å²) in [6.45, 7) is 0.733. The van der Waals surface area contributed by atoms with Gasteiger partial charge in [-0.3, -0.25) is 0 Å². The molecule has 0 aliphatic heterocycles. The van der Waals surface area contributed by atoms with E-state index >= 15 is 0 Å². The van der Waals surface area contributed by atoms with Crippen molar-refractivity contribution >= 4 is 0 Å². The molecule has 0 amide bonds. The number of rotatable bonds is 6. The van der Waals surface area contributed by atoms with Crippen LogP contribution in [0, 0.1) is 0 Å². The summed E-state index contributed by atoms with van der Waals surface area (Å²) in [6, 6.07) is 3.63. The van der Waals surface area contributed by atoms with Crippen LogP contribution >= 0.6 is 0 Å². The molecule has 90 valence electrons. The van der Waals surface area contributed by atoms with Gasteiger partial charge in [0.1, 0.15) is 11.5 Å². The molecule has 0 radical (unpaired) electrons. The molecule has 0 saturated carbocycles. The van der Waals surface area contributed by atoms with E-state index in [1.807, 2.05) is 6.07 Å². The fourth-order valence-corrected chi connectivity index (χ4v) is 1.54. The zero-order chi connectivity index (χ0) is 12.0. The first-order valence-electron chi connectivity index (χ1n) is 4.86. The normalized spacial score (nSPS) is 10.2. The highest BCUT2D eigenvalue weighted by molar-refractivity contribution is 5.46. The Morgan fingerprint density at radius 3 is 2.44 bits per heavy atom. The van der Waals surface area contributed by atoms with Gasteiger partial charge in [0.05, 0.1) is 20.8 Å². The molecule has 0 aromatic heterocycles. The molecule has 0 saturated heterocycles. The molecule has 0 atom stereocenters. The fourth-order valence-electron chi connectivity index (χ4n) is 1.54. The summed E-state index contributed by atoms with van der Waals surface area (Å²) in [5.74, 6) is 1.36. The summed E-state index contributed by atoms with van der Waals surface area (Å²) >= 11 is 0. The number of benzene rings is 1. The number of nitrogens with one attached hydrogen (secondary N) is 1. The highest BCUT2D eigenvalue weighted by Gasteiger charge is 2.11. The van der Waals surface area contributed by atoms with E-state index in [1.165, 1.54) is 0 Å². The van der Waals surface area contributed by atoms with Gasteiger partial charge < -0.3 is 19.4 Å². The Hall–Kier alpha value is -1.30. The van der Waals surface area contributed by atoms with Crippen molar-refractivity contribution in [3.63, 3.8) is 0 Å². The molecule has 16 heavy (non-hydrogen) atoms. The van der Waals surface area contributed by atoms with E-state index in [4.69, 9.17) is 19.4 Å². The fraction of sp³-hybridized carbons (Fsp3) is 0.455. The molecule has 0 spiro atoms.